The normalized spacial score (nSPS) is 20.5. The second-order valence-electron chi connectivity index (χ2n) is 7.31. The van der Waals surface area contributed by atoms with E-state index in [1.807, 2.05) is 41.3 Å². The summed E-state index contributed by atoms with van der Waals surface area (Å²) in [6.45, 7) is 1.48. The minimum Gasteiger partial charge on any atom is -0.369 e. The van der Waals surface area contributed by atoms with Crippen molar-refractivity contribution in [1.82, 2.24) is 9.88 Å². The molecule has 30 heavy (non-hydrogen) atoms. The summed E-state index contributed by atoms with van der Waals surface area (Å²) in [4.78, 5) is 15.9. The summed E-state index contributed by atoms with van der Waals surface area (Å²) in [5.41, 5.74) is 8.35. The van der Waals surface area contributed by atoms with Gasteiger partial charge in [0.25, 0.3) is 0 Å². The number of amidine groups is 1. The second kappa shape index (κ2) is 7.22. The van der Waals surface area contributed by atoms with E-state index < -0.39 is 11.4 Å². The maximum atomic E-state index is 14.7. The van der Waals surface area contributed by atoms with E-state index in [1.165, 1.54) is 0 Å². The fourth-order valence-electron chi connectivity index (χ4n) is 4.21. The summed E-state index contributed by atoms with van der Waals surface area (Å²) in [5, 5.41) is 0.0905. The van der Waals surface area contributed by atoms with Gasteiger partial charge in [-0.05, 0) is 47.4 Å². The van der Waals surface area contributed by atoms with Gasteiger partial charge in [0.2, 0.25) is 0 Å². The van der Waals surface area contributed by atoms with Gasteiger partial charge in [0.05, 0.1) is 5.02 Å². The third-order valence-electron chi connectivity index (χ3n) is 5.58. The van der Waals surface area contributed by atoms with E-state index in [2.05, 4.69) is 4.98 Å². The van der Waals surface area contributed by atoms with Gasteiger partial charge in [0.15, 0.2) is 11.5 Å². The number of guanidine groups is 1. The van der Waals surface area contributed by atoms with E-state index in [9.17, 15) is 4.39 Å². The molecule has 2 aliphatic heterocycles. The molecule has 3 aromatic rings. The Morgan fingerprint density at radius 2 is 1.83 bits per heavy atom. The molecule has 1 aromatic heterocycles. The van der Waals surface area contributed by atoms with Crippen LogP contribution in [0.1, 0.15) is 17.5 Å². The first kappa shape index (κ1) is 18.8. The van der Waals surface area contributed by atoms with E-state index in [1.54, 1.807) is 30.6 Å². The molecular weight excluding hydrogens is 401 g/mol. The number of aromatic nitrogens is 1. The van der Waals surface area contributed by atoms with Crippen LogP contribution >= 0.6 is 11.6 Å². The van der Waals surface area contributed by atoms with Crippen LogP contribution in [0.4, 0.5) is 4.39 Å². The van der Waals surface area contributed by atoms with Crippen LogP contribution in [0.3, 0.4) is 0 Å². The number of hydrogen-bond donors (Lipinski definition) is 1. The fraction of sp³-hybridized carbons (Fsp3) is 0.174. The SMILES string of the molecule is NC1=NC(c2ccncc2)(c2cccc(-c3cccc(Cl)c3F)c2)C2=NCCCN12. The number of nitrogens with zero attached hydrogens (tertiary/aromatic N) is 4. The number of nitrogens with two attached hydrogens (primary N) is 1. The molecule has 0 bridgehead atoms. The van der Waals surface area contributed by atoms with Gasteiger partial charge in [-0.1, -0.05) is 41.9 Å². The average molecular weight is 420 g/mol. The summed E-state index contributed by atoms with van der Waals surface area (Å²) < 4.78 is 14.7. The van der Waals surface area contributed by atoms with Crippen LogP contribution in [0.5, 0.6) is 0 Å². The van der Waals surface area contributed by atoms with Gasteiger partial charge < -0.3 is 5.73 Å². The molecule has 2 aromatic carbocycles. The van der Waals surface area contributed by atoms with Crippen molar-refractivity contribution in [2.45, 2.75) is 12.0 Å². The van der Waals surface area contributed by atoms with E-state index >= 15 is 0 Å². The standard InChI is InChI=1S/C23H19ClFN5/c24-19-7-2-6-18(20(19)25)15-4-1-5-17(14-15)23(16-8-11-27-12-9-16)21-28-10-3-13-30(21)22(26)29-23/h1-2,4-9,11-12,14H,3,10,13H2,(H2,26,29). The molecule has 5 rings (SSSR count). The van der Waals surface area contributed by atoms with Gasteiger partial charge in [-0.15, -0.1) is 0 Å². The highest BCUT2D eigenvalue weighted by Crippen LogP contribution is 2.42. The van der Waals surface area contributed by atoms with Crippen LogP contribution in [0.2, 0.25) is 5.02 Å². The minimum atomic E-state index is -0.904. The van der Waals surface area contributed by atoms with Crippen LogP contribution in [-0.4, -0.2) is 34.8 Å². The number of rotatable bonds is 3. The lowest BCUT2D eigenvalue weighted by Gasteiger charge is -2.33. The van der Waals surface area contributed by atoms with Crippen LogP contribution in [0.15, 0.2) is 77.0 Å². The van der Waals surface area contributed by atoms with Gasteiger partial charge in [0, 0.05) is 31.0 Å². The Bertz CT molecular complexity index is 1180. The Morgan fingerprint density at radius 3 is 2.67 bits per heavy atom. The van der Waals surface area contributed by atoms with E-state index in [0.717, 1.165) is 29.9 Å². The molecule has 0 saturated carbocycles. The van der Waals surface area contributed by atoms with Gasteiger partial charge >= 0.3 is 0 Å². The van der Waals surface area contributed by atoms with Crippen molar-refractivity contribution in [3.05, 3.63) is 89.0 Å². The Kier molecular flexibility index (Phi) is 4.51. The number of fused-ring (bicyclic) bond motifs is 1. The molecule has 0 aliphatic carbocycles. The predicted octanol–water partition coefficient (Wildman–Crippen LogP) is 4.22. The Labute approximate surface area is 178 Å². The lowest BCUT2D eigenvalue weighted by atomic mass is 9.81. The zero-order chi connectivity index (χ0) is 20.7. The number of pyridine rings is 1. The molecule has 2 N–H and O–H groups in total. The molecule has 5 nitrogen and oxygen atoms in total. The van der Waals surface area contributed by atoms with Crippen LogP contribution in [-0.2, 0) is 5.54 Å². The minimum absolute atomic E-state index is 0.0905. The van der Waals surface area contributed by atoms with Crippen molar-refractivity contribution in [1.29, 1.82) is 0 Å². The third kappa shape index (κ3) is 2.79. The van der Waals surface area contributed by atoms with Crippen LogP contribution in [0, 0.1) is 5.82 Å². The zero-order valence-corrected chi connectivity index (χ0v) is 16.9. The summed E-state index contributed by atoms with van der Waals surface area (Å²) in [6.07, 6.45) is 4.38. The smallest absolute Gasteiger partial charge is 0.198 e. The second-order valence-corrected chi connectivity index (χ2v) is 7.72. The first-order valence-corrected chi connectivity index (χ1v) is 10.1. The third-order valence-corrected chi connectivity index (χ3v) is 5.87. The summed E-state index contributed by atoms with van der Waals surface area (Å²) in [6, 6.07) is 16.5. The average Bonchev–Trinajstić information content (AvgIpc) is 3.10. The monoisotopic (exact) mass is 419 g/mol. The van der Waals surface area contributed by atoms with E-state index in [0.29, 0.717) is 23.6 Å². The highest BCUT2D eigenvalue weighted by Gasteiger charge is 2.49. The maximum absolute atomic E-state index is 14.7. The first-order chi connectivity index (χ1) is 14.6. The molecule has 0 saturated heterocycles. The molecule has 1 unspecified atom stereocenters. The Balaban J connectivity index is 1.75. The molecule has 0 spiro atoms. The van der Waals surface area contributed by atoms with Crippen molar-refractivity contribution in [2.75, 3.05) is 13.1 Å². The van der Waals surface area contributed by atoms with Gasteiger partial charge in [0.1, 0.15) is 11.7 Å². The summed E-state index contributed by atoms with van der Waals surface area (Å²) in [7, 11) is 0. The summed E-state index contributed by atoms with van der Waals surface area (Å²) in [5.74, 6) is 0.783. The van der Waals surface area contributed by atoms with Crippen molar-refractivity contribution in [2.24, 2.45) is 15.7 Å². The Morgan fingerprint density at radius 1 is 1.03 bits per heavy atom. The number of halogens is 2. The van der Waals surface area contributed by atoms with Gasteiger partial charge in [-0.2, -0.15) is 0 Å². The molecular formula is C23H19ClFN5. The maximum Gasteiger partial charge on any atom is 0.198 e. The van der Waals surface area contributed by atoms with Crippen molar-refractivity contribution in [3.8, 4) is 11.1 Å². The van der Waals surface area contributed by atoms with Crippen molar-refractivity contribution < 1.29 is 4.39 Å². The van der Waals surface area contributed by atoms with Gasteiger partial charge in [-0.25, -0.2) is 9.38 Å². The molecule has 0 amide bonds. The lowest BCUT2D eigenvalue weighted by molar-refractivity contribution is 0.531. The first-order valence-electron chi connectivity index (χ1n) is 9.74. The van der Waals surface area contributed by atoms with E-state index in [-0.39, 0.29) is 5.02 Å². The molecule has 7 heteroatoms. The molecule has 0 radical (unpaired) electrons. The predicted molar refractivity (Wildman–Crippen MR) is 117 cm³/mol. The summed E-state index contributed by atoms with van der Waals surface area (Å²) >= 11 is 6.02. The van der Waals surface area contributed by atoms with Crippen LogP contribution < -0.4 is 5.73 Å². The van der Waals surface area contributed by atoms with Crippen molar-refractivity contribution >= 4 is 23.4 Å². The number of aliphatic imine (C=N–C) groups is 2. The topological polar surface area (TPSA) is 66.9 Å². The largest absolute Gasteiger partial charge is 0.369 e. The lowest BCUT2D eigenvalue weighted by Crippen LogP contribution is -2.46. The highest BCUT2D eigenvalue weighted by molar-refractivity contribution is 6.31. The van der Waals surface area contributed by atoms with Crippen LogP contribution in [0.25, 0.3) is 11.1 Å². The molecule has 1 atom stereocenters. The fourth-order valence-corrected chi connectivity index (χ4v) is 4.38. The quantitative estimate of drug-likeness (QED) is 0.691. The molecule has 0 fully saturated rings. The number of benzene rings is 2. The van der Waals surface area contributed by atoms with Crippen molar-refractivity contribution in [3.63, 3.8) is 0 Å². The molecule has 150 valence electrons. The Hall–Kier alpha value is -3.25. The zero-order valence-electron chi connectivity index (χ0n) is 16.1. The van der Waals surface area contributed by atoms with Gasteiger partial charge in [-0.3, -0.25) is 14.9 Å². The highest BCUT2D eigenvalue weighted by atomic mass is 35.5. The molecule has 3 heterocycles. The van der Waals surface area contributed by atoms with E-state index in [4.69, 9.17) is 27.3 Å². The number of hydrogen-bond acceptors (Lipinski definition) is 5. The molecule has 2 aliphatic rings.